The van der Waals surface area contributed by atoms with Gasteiger partial charge in [-0.15, -0.1) is 0 Å². The van der Waals surface area contributed by atoms with Crippen molar-refractivity contribution in [2.75, 3.05) is 39.0 Å². The first-order valence-corrected chi connectivity index (χ1v) is 6.35. The van der Waals surface area contributed by atoms with Gasteiger partial charge >= 0.3 is 0 Å². The average molecular weight is 290 g/mol. The summed E-state index contributed by atoms with van der Waals surface area (Å²) in [4.78, 5) is 13.5. The van der Waals surface area contributed by atoms with E-state index < -0.39 is 0 Å². The minimum Gasteiger partial charge on any atom is -0.376 e. The maximum Gasteiger partial charge on any atom is 0.239 e. The Hall–Kier alpha value is -0.970. The van der Waals surface area contributed by atoms with E-state index in [1.54, 1.807) is 18.2 Å². The van der Waals surface area contributed by atoms with Crippen molar-refractivity contribution in [3.05, 3.63) is 28.2 Å². The zero-order chi connectivity index (χ0) is 13.5. The Morgan fingerprint density at radius 1 is 1.28 bits per heavy atom. The maximum absolute atomic E-state index is 11.5. The summed E-state index contributed by atoms with van der Waals surface area (Å²) in [5.74, 6) is -0.0528. The Bertz CT molecular complexity index is 410. The van der Waals surface area contributed by atoms with E-state index in [9.17, 15) is 4.79 Å². The lowest BCUT2D eigenvalue weighted by Gasteiger charge is -2.11. The number of hydrogen-bond donors (Lipinski definition) is 2. The van der Waals surface area contributed by atoms with Crippen molar-refractivity contribution in [3.63, 3.8) is 0 Å². The molecule has 0 unspecified atom stereocenters. The molecule has 0 aromatic heterocycles. The van der Waals surface area contributed by atoms with E-state index in [1.165, 1.54) is 0 Å². The smallest absolute Gasteiger partial charge is 0.239 e. The van der Waals surface area contributed by atoms with Crippen LogP contribution in [0, 0.1) is 0 Å². The molecule has 0 aliphatic rings. The lowest BCUT2D eigenvalue weighted by Crippen LogP contribution is -2.34. The first-order valence-electron chi connectivity index (χ1n) is 5.59. The largest absolute Gasteiger partial charge is 0.376 e. The molecule has 18 heavy (non-hydrogen) atoms. The highest BCUT2D eigenvalue weighted by molar-refractivity contribution is 6.42. The van der Waals surface area contributed by atoms with Gasteiger partial charge < -0.3 is 15.5 Å². The summed E-state index contributed by atoms with van der Waals surface area (Å²) in [7, 11) is 3.92. The molecule has 6 heteroatoms. The summed E-state index contributed by atoms with van der Waals surface area (Å²) >= 11 is 11.7. The van der Waals surface area contributed by atoms with Crippen LogP contribution in [0.3, 0.4) is 0 Å². The number of halogens is 2. The second kappa shape index (κ2) is 7.46. The molecule has 0 bridgehead atoms. The number of nitrogens with one attached hydrogen (secondary N) is 2. The highest BCUT2D eigenvalue weighted by atomic mass is 35.5. The lowest BCUT2D eigenvalue weighted by atomic mass is 10.3. The molecule has 1 amide bonds. The second-order valence-corrected chi connectivity index (χ2v) is 4.95. The molecule has 0 saturated carbocycles. The van der Waals surface area contributed by atoms with Crippen LogP contribution in [0.2, 0.25) is 10.0 Å². The number of carbonyl (C=O) groups is 1. The Morgan fingerprint density at radius 2 is 2.00 bits per heavy atom. The van der Waals surface area contributed by atoms with E-state index >= 15 is 0 Å². The van der Waals surface area contributed by atoms with Crippen molar-refractivity contribution in [2.24, 2.45) is 0 Å². The molecule has 0 radical (unpaired) electrons. The van der Waals surface area contributed by atoms with Crippen LogP contribution in [-0.2, 0) is 4.79 Å². The van der Waals surface area contributed by atoms with Crippen molar-refractivity contribution < 1.29 is 4.79 Å². The molecule has 4 nitrogen and oxygen atoms in total. The minimum atomic E-state index is -0.0528. The summed E-state index contributed by atoms with van der Waals surface area (Å²) in [5, 5.41) is 6.76. The highest BCUT2D eigenvalue weighted by Gasteiger charge is 2.02. The fourth-order valence-corrected chi connectivity index (χ4v) is 1.57. The fraction of sp³-hybridized carbons (Fsp3) is 0.417. The van der Waals surface area contributed by atoms with Crippen molar-refractivity contribution in [3.8, 4) is 0 Å². The summed E-state index contributed by atoms with van der Waals surface area (Å²) in [5.41, 5.74) is 0.771. The SMILES string of the molecule is CN(C)CCNC(=O)CNc1ccc(Cl)c(Cl)c1. The molecule has 0 fully saturated rings. The Kier molecular flexibility index (Phi) is 6.25. The molecule has 0 atom stereocenters. The van der Waals surface area contributed by atoms with Crippen LogP contribution >= 0.6 is 23.2 Å². The van der Waals surface area contributed by atoms with E-state index in [2.05, 4.69) is 10.6 Å². The molecule has 0 spiro atoms. The van der Waals surface area contributed by atoms with Crippen LogP contribution in [-0.4, -0.2) is 44.5 Å². The molecule has 100 valence electrons. The third kappa shape index (κ3) is 5.58. The molecule has 1 rings (SSSR count). The summed E-state index contributed by atoms with van der Waals surface area (Å²) in [6, 6.07) is 5.16. The van der Waals surface area contributed by atoms with E-state index in [-0.39, 0.29) is 12.5 Å². The highest BCUT2D eigenvalue weighted by Crippen LogP contribution is 2.24. The standard InChI is InChI=1S/C12H17Cl2N3O/c1-17(2)6-5-15-12(18)8-16-9-3-4-10(13)11(14)7-9/h3-4,7,16H,5-6,8H2,1-2H3,(H,15,18). The molecular formula is C12H17Cl2N3O. The molecule has 1 aromatic rings. The van der Waals surface area contributed by atoms with Crippen molar-refractivity contribution >= 4 is 34.8 Å². The Morgan fingerprint density at radius 3 is 2.61 bits per heavy atom. The van der Waals surface area contributed by atoms with Gasteiger partial charge in [-0.05, 0) is 32.3 Å². The molecule has 0 saturated heterocycles. The summed E-state index contributed by atoms with van der Waals surface area (Å²) in [6.45, 7) is 1.67. The Balaban J connectivity index is 2.31. The molecule has 2 N–H and O–H groups in total. The third-order valence-electron chi connectivity index (χ3n) is 2.25. The van der Waals surface area contributed by atoms with Gasteiger partial charge in [0.05, 0.1) is 16.6 Å². The number of hydrogen-bond acceptors (Lipinski definition) is 3. The van der Waals surface area contributed by atoms with Crippen LogP contribution < -0.4 is 10.6 Å². The zero-order valence-corrected chi connectivity index (χ0v) is 12.0. The van der Waals surface area contributed by atoms with Crippen LogP contribution in [0.5, 0.6) is 0 Å². The van der Waals surface area contributed by atoms with Crippen molar-refractivity contribution in [1.29, 1.82) is 0 Å². The van der Waals surface area contributed by atoms with Gasteiger partial charge in [0, 0.05) is 18.8 Å². The number of rotatable bonds is 6. The van der Waals surface area contributed by atoms with E-state index in [0.29, 0.717) is 16.6 Å². The quantitative estimate of drug-likeness (QED) is 0.843. The number of nitrogens with zero attached hydrogens (tertiary/aromatic N) is 1. The number of likely N-dealkylation sites (N-methyl/N-ethyl adjacent to an activating group) is 1. The number of anilines is 1. The van der Waals surface area contributed by atoms with E-state index in [1.807, 2.05) is 19.0 Å². The predicted molar refractivity (Wildman–Crippen MR) is 76.5 cm³/mol. The molecular weight excluding hydrogens is 273 g/mol. The van der Waals surface area contributed by atoms with Gasteiger partial charge in [0.25, 0.3) is 0 Å². The fourth-order valence-electron chi connectivity index (χ4n) is 1.27. The normalized spacial score (nSPS) is 10.5. The van der Waals surface area contributed by atoms with E-state index in [0.717, 1.165) is 12.2 Å². The van der Waals surface area contributed by atoms with Crippen LogP contribution in [0.1, 0.15) is 0 Å². The number of amides is 1. The number of carbonyl (C=O) groups excluding carboxylic acids is 1. The summed E-state index contributed by atoms with van der Waals surface area (Å²) < 4.78 is 0. The Labute approximate surface area is 117 Å². The summed E-state index contributed by atoms with van der Waals surface area (Å²) in [6.07, 6.45) is 0. The second-order valence-electron chi connectivity index (χ2n) is 4.14. The van der Waals surface area contributed by atoms with Crippen molar-refractivity contribution in [1.82, 2.24) is 10.2 Å². The maximum atomic E-state index is 11.5. The molecule has 0 aliphatic carbocycles. The monoisotopic (exact) mass is 289 g/mol. The van der Waals surface area contributed by atoms with Gasteiger partial charge in [-0.1, -0.05) is 23.2 Å². The van der Waals surface area contributed by atoms with Gasteiger partial charge in [-0.25, -0.2) is 0 Å². The van der Waals surface area contributed by atoms with Gasteiger partial charge in [0.2, 0.25) is 5.91 Å². The van der Waals surface area contributed by atoms with Crippen LogP contribution in [0.25, 0.3) is 0 Å². The van der Waals surface area contributed by atoms with Gasteiger partial charge in [-0.2, -0.15) is 0 Å². The number of benzene rings is 1. The molecule has 1 aromatic carbocycles. The van der Waals surface area contributed by atoms with Gasteiger partial charge in [0.1, 0.15) is 0 Å². The third-order valence-corrected chi connectivity index (χ3v) is 2.99. The van der Waals surface area contributed by atoms with Gasteiger partial charge in [-0.3, -0.25) is 4.79 Å². The topological polar surface area (TPSA) is 44.4 Å². The minimum absolute atomic E-state index is 0.0528. The van der Waals surface area contributed by atoms with Crippen molar-refractivity contribution in [2.45, 2.75) is 0 Å². The predicted octanol–water partition coefficient (Wildman–Crippen LogP) is 2.08. The van der Waals surface area contributed by atoms with Gasteiger partial charge in [0.15, 0.2) is 0 Å². The lowest BCUT2D eigenvalue weighted by molar-refractivity contribution is -0.119. The first-order chi connectivity index (χ1) is 8.49. The van der Waals surface area contributed by atoms with Crippen LogP contribution in [0.4, 0.5) is 5.69 Å². The molecule has 0 aliphatic heterocycles. The zero-order valence-electron chi connectivity index (χ0n) is 10.5. The first kappa shape index (κ1) is 15.1. The molecule has 0 heterocycles. The van der Waals surface area contributed by atoms with Crippen LogP contribution in [0.15, 0.2) is 18.2 Å². The average Bonchev–Trinajstić information content (AvgIpc) is 2.30. The van der Waals surface area contributed by atoms with E-state index in [4.69, 9.17) is 23.2 Å².